The van der Waals surface area contributed by atoms with Crippen molar-refractivity contribution in [2.75, 3.05) is 6.54 Å². The molecule has 1 N–H and O–H groups in total. The maximum absolute atomic E-state index is 12.6. The first-order valence-corrected chi connectivity index (χ1v) is 9.48. The number of furan rings is 1. The second-order valence-corrected chi connectivity index (χ2v) is 7.18. The molecule has 1 aliphatic rings. The van der Waals surface area contributed by atoms with Gasteiger partial charge < -0.3 is 9.73 Å². The number of aromatic nitrogens is 2. The summed E-state index contributed by atoms with van der Waals surface area (Å²) in [6, 6.07) is 9.55. The van der Waals surface area contributed by atoms with E-state index >= 15 is 0 Å². The first kappa shape index (κ1) is 16.1. The van der Waals surface area contributed by atoms with E-state index in [-0.39, 0.29) is 5.91 Å². The summed E-state index contributed by atoms with van der Waals surface area (Å²) >= 11 is 1.50. The molecule has 1 saturated carbocycles. The highest BCUT2D eigenvalue weighted by Crippen LogP contribution is 2.31. The fourth-order valence-corrected chi connectivity index (χ4v) is 3.77. The minimum Gasteiger partial charge on any atom is -0.451 e. The van der Waals surface area contributed by atoms with Gasteiger partial charge in [0.25, 0.3) is 5.91 Å². The molecule has 0 radical (unpaired) electrons. The molecule has 2 aromatic heterocycles. The summed E-state index contributed by atoms with van der Waals surface area (Å²) in [4.78, 5) is 21.1. The molecule has 0 aliphatic heterocycles. The highest BCUT2D eigenvalue weighted by Gasteiger charge is 2.23. The number of para-hydroxylation sites is 1. The maximum Gasteiger partial charge on any atom is 0.287 e. The zero-order valence-corrected chi connectivity index (χ0v) is 14.6. The van der Waals surface area contributed by atoms with Crippen LogP contribution >= 0.6 is 11.8 Å². The van der Waals surface area contributed by atoms with Crippen LogP contribution in [0.15, 0.2) is 52.3 Å². The van der Waals surface area contributed by atoms with Gasteiger partial charge in [-0.15, -0.1) is 0 Å². The molecular formula is C19H19N3O2S. The lowest BCUT2D eigenvalue weighted by molar-refractivity contribution is 0.0912. The molecule has 0 atom stereocenters. The predicted octanol–water partition coefficient (Wildman–Crippen LogP) is 4.05. The van der Waals surface area contributed by atoms with Crippen LogP contribution in [0, 0.1) is 5.92 Å². The van der Waals surface area contributed by atoms with Crippen LogP contribution in [0.2, 0.25) is 0 Å². The van der Waals surface area contributed by atoms with Crippen LogP contribution < -0.4 is 5.32 Å². The monoisotopic (exact) mass is 353 g/mol. The van der Waals surface area contributed by atoms with Crippen molar-refractivity contribution in [3.63, 3.8) is 0 Å². The van der Waals surface area contributed by atoms with E-state index < -0.39 is 0 Å². The first-order chi connectivity index (χ1) is 12.3. The average Bonchev–Trinajstić information content (AvgIpc) is 2.98. The van der Waals surface area contributed by atoms with Gasteiger partial charge in [0.1, 0.15) is 5.58 Å². The standard InChI is InChI=1S/C19H19N3O2S/c23-18(22-11-13-5-3-6-13)17-15(12-25-19-20-9-4-10-21-19)14-7-1-2-8-16(14)24-17/h1-2,4,7-10,13H,3,5-6,11-12H2,(H,22,23). The van der Waals surface area contributed by atoms with E-state index in [1.807, 2.05) is 24.3 Å². The Labute approximate surface area is 150 Å². The lowest BCUT2D eigenvalue weighted by atomic mass is 9.85. The van der Waals surface area contributed by atoms with Gasteiger partial charge in [-0.05, 0) is 30.9 Å². The van der Waals surface area contributed by atoms with Gasteiger partial charge in [0.05, 0.1) is 0 Å². The van der Waals surface area contributed by atoms with Crippen molar-refractivity contribution in [3.8, 4) is 0 Å². The molecule has 25 heavy (non-hydrogen) atoms. The molecule has 1 aliphatic carbocycles. The topological polar surface area (TPSA) is 68.0 Å². The zero-order valence-electron chi connectivity index (χ0n) is 13.8. The zero-order chi connectivity index (χ0) is 17.1. The lowest BCUT2D eigenvalue weighted by Crippen LogP contribution is -2.32. The SMILES string of the molecule is O=C(NCC1CCC1)c1oc2ccccc2c1CSc1ncccn1. The predicted molar refractivity (Wildman–Crippen MR) is 97.5 cm³/mol. The van der Waals surface area contributed by atoms with Crippen molar-refractivity contribution in [3.05, 3.63) is 54.0 Å². The summed E-state index contributed by atoms with van der Waals surface area (Å²) in [5.41, 5.74) is 1.64. The Morgan fingerprint density at radius 3 is 2.76 bits per heavy atom. The number of nitrogens with zero attached hydrogens (tertiary/aromatic N) is 2. The first-order valence-electron chi connectivity index (χ1n) is 8.49. The van der Waals surface area contributed by atoms with Crippen molar-refractivity contribution in [2.45, 2.75) is 30.2 Å². The molecule has 4 rings (SSSR count). The molecule has 2 heterocycles. The smallest absolute Gasteiger partial charge is 0.287 e. The number of hydrogen-bond donors (Lipinski definition) is 1. The van der Waals surface area contributed by atoms with Crippen LogP contribution in [-0.2, 0) is 5.75 Å². The third-order valence-electron chi connectivity index (χ3n) is 4.57. The van der Waals surface area contributed by atoms with Gasteiger partial charge in [0.2, 0.25) is 0 Å². The summed E-state index contributed by atoms with van der Waals surface area (Å²) in [5, 5.41) is 4.69. The third-order valence-corrected chi connectivity index (χ3v) is 5.47. The van der Waals surface area contributed by atoms with E-state index in [0.29, 0.717) is 22.6 Å². The van der Waals surface area contributed by atoms with E-state index in [1.54, 1.807) is 18.5 Å². The van der Waals surface area contributed by atoms with Crippen LogP contribution in [-0.4, -0.2) is 22.4 Å². The molecule has 0 unspecified atom stereocenters. The van der Waals surface area contributed by atoms with Crippen LogP contribution in [0.5, 0.6) is 0 Å². The average molecular weight is 353 g/mol. The highest BCUT2D eigenvalue weighted by molar-refractivity contribution is 7.98. The summed E-state index contributed by atoms with van der Waals surface area (Å²) in [6.45, 7) is 0.726. The Hall–Kier alpha value is -2.34. The Bertz CT molecular complexity index is 875. The normalized spacial score (nSPS) is 14.4. The molecule has 0 bridgehead atoms. The lowest BCUT2D eigenvalue weighted by Gasteiger charge is -2.25. The van der Waals surface area contributed by atoms with Gasteiger partial charge in [-0.2, -0.15) is 0 Å². The van der Waals surface area contributed by atoms with Gasteiger partial charge in [0.15, 0.2) is 10.9 Å². The van der Waals surface area contributed by atoms with Gasteiger partial charge in [0, 0.05) is 35.6 Å². The molecule has 1 amide bonds. The van der Waals surface area contributed by atoms with E-state index in [9.17, 15) is 4.79 Å². The molecule has 6 heteroatoms. The fourth-order valence-electron chi connectivity index (χ4n) is 2.94. The van der Waals surface area contributed by atoms with E-state index in [1.165, 1.54) is 31.0 Å². The summed E-state index contributed by atoms with van der Waals surface area (Å²) < 4.78 is 5.87. The van der Waals surface area contributed by atoms with Crippen LogP contribution in [0.25, 0.3) is 11.0 Å². The minimum atomic E-state index is -0.132. The molecule has 128 valence electrons. The van der Waals surface area contributed by atoms with Gasteiger partial charge >= 0.3 is 0 Å². The van der Waals surface area contributed by atoms with Crippen molar-refractivity contribution in [2.24, 2.45) is 5.92 Å². The highest BCUT2D eigenvalue weighted by atomic mass is 32.2. The van der Waals surface area contributed by atoms with E-state index in [4.69, 9.17) is 4.42 Å². The van der Waals surface area contributed by atoms with Crippen LogP contribution in [0.4, 0.5) is 0 Å². The van der Waals surface area contributed by atoms with E-state index in [0.717, 1.165) is 23.1 Å². The summed E-state index contributed by atoms with van der Waals surface area (Å²) in [7, 11) is 0. The quantitative estimate of drug-likeness (QED) is 0.535. The van der Waals surface area contributed by atoms with Crippen LogP contribution in [0.3, 0.4) is 0 Å². The van der Waals surface area contributed by atoms with Crippen molar-refractivity contribution < 1.29 is 9.21 Å². The third kappa shape index (κ3) is 3.54. The molecule has 3 aromatic rings. The fraction of sp³-hybridized carbons (Fsp3) is 0.316. The van der Waals surface area contributed by atoms with Gasteiger partial charge in [-0.3, -0.25) is 4.79 Å². The second kappa shape index (κ2) is 7.27. The van der Waals surface area contributed by atoms with Crippen molar-refractivity contribution >= 4 is 28.6 Å². The number of hydrogen-bond acceptors (Lipinski definition) is 5. The molecule has 5 nitrogen and oxygen atoms in total. The number of nitrogens with one attached hydrogen (secondary N) is 1. The number of thioether (sulfide) groups is 1. The van der Waals surface area contributed by atoms with E-state index in [2.05, 4.69) is 15.3 Å². The molecular weight excluding hydrogens is 334 g/mol. The number of amides is 1. The summed E-state index contributed by atoms with van der Waals surface area (Å²) in [6.07, 6.45) is 7.11. The molecule has 1 fully saturated rings. The van der Waals surface area contributed by atoms with Crippen molar-refractivity contribution in [1.82, 2.24) is 15.3 Å². The number of carbonyl (C=O) groups excluding carboxylic acids is 1. The molecule has 0 spiro atoms. The van der Waals surface area contributed by atoms with Gasteiger partial charge in [-0.25, -0.2) is 9.97 Å². The second-order valence-electron chi connectivity index (χ2n) is 6.23. The number of rotatable bonds is 6. The molecule has 0 saturated heterocycles. The maximum atomic E-state index is 12.6. The Morgan fingerprint density at radius 1 is 1.20 bits per heavy atom. The summed E-state index contributed by atoms with van der Waals surface area (Å²) in [5.74, 6) is 1.48. The Morgan fingerprint density at radius 2 is 2.00 bits per heavy atom. The van der Waals surface area contributed by atoms with Gasteiger partial charge in [-0.1, -0.05) is 36.4 Å². The number of fused-ring (bicyclic) bond motifs is 1. The molecule has 1 aromatic carbocycles. The van der Waals surface area contributed by atoms with Crippen molar-refractivity contribution in [1.29, 1.82) is 0 Å². The number of carbonyl (C=O) groups is 1. The van der Waals surface area contributed by atoms with Crippen LogP contribution in [0.1, 0.15) is 35.4 Å². The largest absolute Gasteiger partial charge is 0.451 e. The minimum absolute atomic E-state index is 0.132. The number of benzene rings is 1. The Balaban J connectivity index is 1.57. The Kier molecular flexibility index (Phi) is 4.70.